The van der Waals surface area contributed by atoms with E-state index in [1.54, 1.807) is 11.8 Å². The second-order valence-electron chi connectivity index (χ2n) is 7.37. The number of benzene rings is 1. The molecule has 0 aromatic heterocycles. The number of hydrogen-bond acceptors (Lipinski definition) is 5. The van der Waals surface area contributed by atoms with Crippen LogP contribution >= 0.6 is 0 Å². The van der Waals surface area contributed by atoms with Gasteiger partial charge in [0.1, 0.15) is 17.2 Å². The van der Waals surface area contributed by atoms with Crippen molar-refractivity contribution in [2.75, 3.05) is 32.7 Å². The number of halogens is 2. The lowest BCUT2D eigenvalue weighted by Gasteiger charge is -2.34. The minimum atomic E-state index is -4.30. The first-order valence-electron chi connectivity index (χ1n) is 9.06. The number of carbonyl (C=O) groups excluding carboxylic acids is 1. The molecule has 1 heterocycles. The zero-order chi connectivity index (χ0) is 20.5. The van der Waals surface area contributed by atoms with Crippen LogP contribution in [0, 0.1) is 28.9 Å². The van der Waals surface area contributed by atoms with Crippen LogP contribution in [0.2, 0.25) is 0 Å². The van der Waals surface area contributed by atoms with Crippen molar-refractivity contribution in [2.45, 2.75) is 30.2 Å². The van der Waals surface area contributed by atoms with E-state index in [-0.39, 0.29) is 44.5 Å². The predicted octanol–water partition coefficient (Wildman–Crippen LogP) is 1.08. The van der Waals surface area contributed by atoms with Crippen LogP contribution in [0.4, 0.5) is 8.78 Å². The maximum Gasteiger partial charge on any atom is 0.249 e. The van der Waals surface area contributed by atoms with Crippen molar-refractivity contribution in [1.29, 1.82) is 5.26 Å². The molecule has 10 heteroatoms. The van der Waals surface area contributed by atoms with Gasteiger partial charge in [-0.1, -0.05) is 6.07 Å². The van der Waals surface area contributed by atoms with Crippen molar-refractivity contribution in [2.24, 2.45) is 5.92 Å². The summed E-state index contributed by atoms with van der Waals surface area (Å²) in [4.78, 5) is 13.1. The Balaban J connectivity index is 1.59. The number of sulfonamides is 1. The summed E-state index contributed by atoms with van der Waals surface area (Å²) < 4.78 is 53.9. The molecule has 7 nitrogen and oxygen atoms in total. The van der Waals surface area contributed by atoms with Gasteiger partial charge in [0.2, 0.25) is 15.9 Å². The SMILES string of the molecule is C[C@@](C#N)(NC(=O)CN1CCN(S(=O)(=O)c2c(F)cccc2F)CC1)C1CC1. The average molecular weight is 412 g/mol. The molecule has 0 radical (unpaired) electrons. The summed E-state index contributed by atoms with van der Waals surface area (Å²) in [6.45, 7) is 2.26. The number of hydrogen-bond donors (Lipinski definition) is 1. The molecule has 1 saturated heterocycles. The Bertz CT molecular complexity index is 886. The molecule has 1 aromatic rings. The van der Waals surface area contributed by atoms with E-state index in [9.17, 15) is 27.3 Å². The maximum absolute atomic E-state index is 13.9. The van der Waals surface area contributed by atoms with Gasteiger partial charge in [0.15, 0.2) is 4.90 Å². The van der Waals surface area contributed by atoms with Gasteiger partial charge in [-0.3, -0.25) is 9.69 Å². The topological polar surface area (TPSA) is 93.5 Å². The molecule has 0 bridgehead atoms. The lowest BCUT2D eigenvalue weighted by molar-refractivity contribution is -0.123. The van der Waals surface area contributed by atoms with Crippen molar-refractivity contribution in [3.63, 3.8) is 0 Å². The number of nitrogens with one attached hydrogen (secondary N) is 1. The molecule has 3 rings (SSSR count). The maximum atomic E-state index is 13.9. The number of rotatable bonds is 6. The molecule has 1 N–H and O–H groups in total. The largest absolute Gasteiger partial charge is 0.337 e. The fourth-order valence-corrected chi connectivity index (χ4v) is 4.93. The van der Waals surface area contributed by atoms with E-state index in [0.29, 0.717) is 0 Å². The summed E-state index contributed by atoms with van der Waals surface area (Å²) in [6, 6.07) is 5.07. The van der Waals surface area contributed by atoms with Gasteiger partial charge < -0.3 is 5.32 Å². The molecule has 1 aliphatic carbocycles. The summed E-state index contributed by atoms with van der Waals surface area (Å²) in [7, 11) is -4.30. The third kappa shape index (κ3) is 4.16. The first kappa shape index (κ1) is 20.6. The highest BCUT2D eigenvalue weighted by Gasteiger charge is 2.43. The number of nitrogens with zero attached hydrogens (tertiary/aromatic N) is 3. The van der Waals surface area contributed by atoms with E-state index in [1.165, 1.54) is 0 Å². The number of piperazine rings is 1. The molecule has 28 heavy (non-hydrogen) atoms. The molecule has 2 aliphatic rings. The molecular formula is C18H22F2N4O3S. The van der Waals surface area contributed by atoms with Crippen LogP contribution in [0.3, 0.4) is 0 Å². The van der Waals surface area contributed by atoms with Gasteiger partial charge in [0.25, 0.3) is 0 Å². The lowest BCUT2D eigenvalue weighted by atomic mass is 9.98. The Kier molecular flexibility index (Phi) is 5.70. The van der Waals surface area contributed by atoms with E-state index in [0.717, 1.165) is 35.3 Å². The molecule has 0 spiro atoms. The summed E-state index contributed by atoms with van der Waals surface area (Å²) in [5.41, 5.74) is -0.884. The van der Waals surface area contributed by atoms with Gasteiger partial charge in [0, 0.05) is 26.2 Å². The molecule has 1 atom stereocenters. The second-order valence-corrected chi connectivity index (χ2v) is 9.24. The molecule has 0 unspecified atom stereocenters. The summed E-state index contributed by atoms with van der Waals surface area (Å²) in [5, 5.41) is 12.1. The van der Waals surface area contributed by atoms with E-state index in [1.807, 2.05) is 0 Å². The molecule has 1 amide bonds. The first-order chi connectivity index (χ1) is 13.2. The fourth-order valence-electron chi connectivity index (χ4n) is 3.40. The first-order valence-corrected chi connectivity index (χ1v) is 10.5. The van der Waals surface area contributed by atoms with Crippen molar-refractivity contribution in [3.05, 3.63) is 29.8 Å². The third-order valence-corrected chi connectivity index (χ3v) is 7.19. The van der Waals surface area contributed by atoms with Gasteiger partial charge in [0.05, 0.1) is 12.6 Å². The molecular weight excluding hydrogens is 390 g/mol. The van der Waals surface area contributed by atoms with Crippen molar-refractivity contribution >= 4 is 15.9 Å². The summed E-state index contributed by atoms with van der Waals surface area (Å²) in [6.07, 6.45) is 1.82. The third-order valence-electron chi connectivity index (χ3n) is 5.24. The number of nitriles is 1. The van der Waals surface area contributed by atoms with Crippen LogP contribution in [-0.4, -0.2) is 61.8 Å². The highest BCUT2D eigenvalue weighted by Crippen LogP contribution is 2.39. The molecule has 1 aliphatic heterocycles. The molecule has 152 valence electrons. The number of amides is 1. The monoisotopic (exact) mass is 412 g/mol. The smallest absolute Gasteiger partial charge is 0.249 e. The number of carbonyl (C=O) groups is 1. The van der Waals surface area contributed by atoms with E-state index < -0.39 is 32.1 Å². The Hall–Kier alpha value is -2.09. The summed E-state index contributed by atoms with van der Waals surface area (Å²) >= 11 is 0. The highest BCUT2D eigenvalue weighted by molar-refractivity contribution is 7.89. The van der Waals surface area contributed by atoms with E-state index in [2.05, 4.69) is 11.4 Å². The van der Waals surface area contributed by atoms with Crippen molar-refractivity contribution < 1.29 is 22.0 Å². The second kappa shape index (κ2) is 7.73. The van der Waals surface area contributed by atoms with Crippen LogP contribution in [0.15, 0.2) is 23.1 Å². The van der Waals surface area contributed by atoms with Gasteiger partial charge in [-0.05, 0) is 37.8 Å². The van der Waals surface area contributed by atoms with Crippen LogP contribution < -0.4 is 5.32 Å². The fraction of sp³-hybridized carbons (Fsp3) is 0.556. The predicted molar refractivity (Wildman–Crippen MR) is 96.4 cm³/mol. The van der Waals surface area contributed by atoms with Gasteiger partial charge >= 0.3 is 0 Å². The molecule has 2 fully saturated rings. The minimum Gasteiger partial charge on any atom is -0.337 e. The Labute approximate surface area is 163 Å². The highest BCUT2D eigenvalue weighted by atomic mass is 32.2. The van der Waals surface area contributed by atoms with Crippen LogP contribution in [0.5, 0.6) is 0 Å². The van der Waals surface area contributed by atoms with Gasteiger partial charge in [-0.2, -0.15) is 9.57 Å². The quantitative estimate of drug-likeness (QED) is 0.755. The van der Waals surface area contributed by atoms with E-state index >= 15 is 0 Å². The Morgan fingerprint density at radius 3 is 2.32 bits per heavy atom. The Morgan fingerprint density at radius 2 is 1.82 bits per heavy atom. The zero-order valence-corrected chi connectivity index (χ0v) is 16.3. The molecule has 1 aromatic carbocycles. The van der Waals surface area contributed by atoms with E-state index in [4.69, 9.17) is 0 Å². The Morgan fingerprint density at radius 1 is 1.25 bits per heavy atom. The molecule has 1 saturated carbocycles. The minimum absolute atomic E-state index is 0.0154. The standard InChI is InChI=1S/C18H22F2N4O3S/c1-18(12-21,13-5-6-13)22-16(25)11-23-7-9-24(10-8-23)28(26,27)17-14(19)3-2-4-15(17)20/h2-4,13H,5-11H2,1H3,(H,22,25)/t18-/m0/s1. The van der Waals surface area contributed by atoms with Crippen molar-refractivity contribution in [3.8, 4) is 6.07 Å². The van der Waals surface area contributed by atoms with Crippen LogP contribution in [0.1, 0.15) is 19.8 Å². The lowest BCUT2D eigenvalue weighted by Crippen LogP contribution is -2.54. The van der Waals surface area contributed by atoms with Crippen LogP contribution in [0.25, 0.3) is 0 Å². The van der Waals surface area contributed by atoms with Gasteiger partial charge in [-0.25, -0.2) is 17.2 Å². The van der Waals surface area contributed by atoms with Gasteiger partial charge in [-0.15, -0.1) is 0 Å². The van der Waals surface area contributed by atoms with Crippen LogP contribution in [-0.2, 0) is 14.8 Å². The summed E-state index contributed by atoms with van der Waals surface area (Å²) in [5.74, 6) is -2.39. The normalized spacial score (nSPS) is 20.9. The average Bonchev–Trinajstić information content (AvgIpc) is 3.47. The zero-order valence-electron chi connectivity index (χ0n) is 15.5. The van der Waals surface area contributed by atoms with Crippen molar-refractivity contribution in [1.82, 2.24) is 14.5 Å².